The third kappa shape index (κ3) is 6.26. The molecule has 12 nitrogen and oxygen atoms in total. The first-order valence-corrected chi connectivity index (χ1v) is 22.1. The zero-order valence-electron chi connectivity index (χ0n) is 31.1. The summed E-state index contributed by atoms with van der Waals surface area (Å²) < 4.78 is 8.86. The SMILES string of the molecule is C[C@@H]1[C@@H]([Si](C)(C)O)[C@H](CCn2cc(C(CO)c3ccccc3)nn2)O[C@@]12C(=O)N(Cc1ccc(N3CCCC3=O)cc1)c1ccc(N3CCCC3=O)cc12. The third-order valence-electron chi connectivity index (χ3n) is 12.0. The number of hydrogen-bond acceptors (Lipinski definition) is 8. The number of ether oxygens (including phenoxy) is 1. The highest BCUT2D eigenvalue weighted by molar-refractivity contribution is 6.71. The van der Waals surface area contributed by atoms with Crippen LogP contribution in [0.25, 0.3) is 0 Å². The maximum Gasteiger partial charge on any atom is 0.264 e. The standard InChI is InChI=1S/C41H48N6O6Si/c1-27-39(54(2,3)52)36(19-22-44-25-34(42-43-44)32(26-48)29-9-5-4-6-10-29)53-41(27)33-23-31(46-21-8-12-38(46)50)17-18-35(33)47(40(41)51)24-28-13-15-30(16-14-28)45-20-7-11-37(45)49/h4-6,9-10,13-18,23,25,27,32,36,39,48,52H,7-8,11-12,19-22,24,26H2,1-3H3/t27-,32?,36+,39-,41+/m1/s1. The lowest BCUT2D eigenvalue weighted by atomic mass is 9.82. The highest BCUT2D eigenvalue weighted by atomic mass is 28.4. The molecule has 1 aromatic heterocycles. The van der Waals surface area contributed by atoms with Crippen LogP contribution in [0.1, 0.15) is 67.3 Å². The molecule has 2 N–H and O–H groups in total. The summed E-state index contributed by atoms with van der Waals surface area (Å²) in [6.07, 6.45) is 4.53. The van der Waals surface area contributed by atoms with Gasteiger partial charge in [0.15, 0.2) is 13.9 Å². The van der Waals surface area contributed by atoms with Crippen LogP contribution in [0.15, 0.2) is 79.0 Å². The Balaban J connectivity index is 1.11. The van der Waals surface area contributed by atoms with Crippen molar-refractivity contribution in [2.24, 2.45) is 5.92 Å². The summed E-state index contributed by atoms with van der Waals surface area (Å²) in [4.78, 5) is 57.6. The number of anilines is 3. The number of aryl methyl sites for hydroxylation is 1. The summed E-state index contributed by atoms with van der Waals surface area (Å²) in [5.41, 5.74) is 3.91. The molecule has 3 saturated heterocycles. The van der Waals surface area contributed by atoms with Crippen LogP contribution in [0.5, 0.6) is 0 Å². The second-order valence-corrected chi connectivity index (χ2v) is 19.7. The van der Waals surface area contributed by atoms with Crippen LogP contribution in [0.2, 0.25) is 18.6 Å². The molecule has 3 aromatic carbocycles. The number of amides is 3. The number of benzene rings is 3. The van der Waals surface area contributed by atoms with E-state index in [2.05, 4.69) is 10.3 Å². The Morgan fingerprint density at radius 3 is 2.22 bits per heavy atom. The van der Waals surface area contributed by atoms with Gasteiger partial charge in [0, 0.05) is 67.1 Å². The van der Waals surface area contributed by atoms with E-state index in [1.54, 1.807) is 19.4 Å². The first kappa shape index (κ1) is 36.3. The van der Waals surface area contributed by atoms with Crippen LogP contribution in [0.3, 0.4) is 0 Å². The predicted octanol–water partition coefficient (Wildman–Crippen LogP) is 5.09. The molecular weight excluding hydrogens is 701 g/mol. The molecule has 3 fully saturated rings. The fourth-order valence-electron chi connectivity index (χ4n) is 9.36. The zero-order chi connectivity index (χ0) is 37.8. The minimum Gasteiger partial charge on any atom is -0.432 e. The summed E-state index contributed by atoms with van der Waals surface area (Å²) in [6, 6.07) is 23.3. The second-order valence-electron chi connectivity index (χ2n) is 15.8. The van der Waals surface area contributed by atoms with E-state index in [0.717, 1.165) is 46.6 Å². The summed E-state index contributed by atoms with van der Waals surface area (Å²) in [7, 11) is -2.94. The molecule has 1 spiro atoms. The van der Waals surface area contributed by atoms with Crippen LogP contribution < -0.4 is 14.7 Å². The molecule has 54 heavy (non-hydrogen) atoms. The lowest BCUT2D eigenvalue weighted by molar-refractivity contribution is -0.146. The average molecular weight is 749 g/mol. The van der Waals surface area contributed by atoms with Gasteiger partial charge >= 0.3 is 0 Å². The summed E-state index contributed by atoms with van der Waals surface area (Å²) in [6.45, 7) is 7.80. The number of hydrogen-bond donors (Lipinski definition) is 2. The summed E-state index contributed by atoms with van der Waals surface area (Å²) in [5.74, 6) is -0.683. The van der Waals surface area contributed by atoms with E-state index in [1.165, 1.54) is 0 Å². The Morgan fingerprint density at radius 2 is 1.59 bits per heavy atom. The molecule has 4 aromatic rings. The highest BCUT2D eigenvalue weighted by Gasteiger charge is 2.66. The van der Waals surface area contributed by atoms with Gasteiger partial charge < -0.3 is 29.3 Å². The molecule has 5 heterocycles. The molecule has 282 valence electrons. The molecule has 8 rings (SSSR count). The number of carbonyl (C=O) groups is 3. The van der Waals surface area contributed by atoms with Gasteiger partial charge in [-0.15, -0.1) is 5.10 Å². The quantitative estimate of drug-likeness (QED) is 0.202. The lowest BCUT2D eigenvalue weighted by Gasteiger charge is -2.32. The second kappa shape index (κ2) is 14.2. The van der Waals surface area contributed by atoms with E-state index in [-0.39, 0.29) is 41.7 Å². The van der Waals surface area contributed by atoms with E-state index in [0.29, 0.717) is 51.1 Å². The molecule has 3 amide bonds. The van der Waals surface area contributed by atoms with Crippen molar-refractivity contribution in [3.05, 3.63) is 101 Å². The van der Waals surface area contributed by atoms with E-state index in [4.69, 9.17) is 4.74 Å². The van der Waals surface area contributed by atoms with Crippen molar-refractivity contribution in [1.29, 1.82) is 0 Å². The first-order valence-electron chi connectivity index (χ1n) is 19.1. The van der Waals surface area contributed by atoms with Crippen molar-refractivity contribution in [3.8, 4) is 0 Å². The van der Waals surface area contributed by atoms with Crippen molar-refractivity contribution in [2.75, 3.05) is 34.4 Å². The highest BCUT2D eigenvalue weighted by Crippen LogP contribution is 2.60. The monoisotopic (exact) mass is 748 g/mol. The molecule has 0 saturated carbocycles. The zero-order valence-corrected chi connectivity index (χ0v) is 32.1. The van der Waals surface area contributed by atoms with Crippen molar-refractivity contribution in [1.82, 2.24) is 15.0 Å². The van der Waals surface area contributed by atoms with E-state index >= 15 is 4.79 Å². The number of fused-ring (bicyclic) bond motifs is 2. The fourth-order valence-corrected chi connectivity index (χ4v) is 12.0. The largest absolute Gasteiger partial charge is 0.432 e. The number of carbonyl (C=O) groups excluding carboxylic acids is 3. The van der Waals surface area contributed by atoms with Gasteiger partial charge in [0.1, 0.15) is 0 Å². The van der Waals surface area contributed by atoms with Crippen molar-refractivity contribution < 1.29 is 29.0 Å². The van der Waals surface area contributed by atoms with E-state index < -0.39 is 20.0 Å². The molecule has 0 aliphatic carbocycles. The fraction of sp³-hybridized carbons (Fsp3) is 0.439. The van der Waals surface area contributed by atoms with Crippen molar-refractivity contribution in [2.45, 2.75) is 88.4 Å². The smallest absolute Gasteiger partial charge is 0.264 e. The van der Waals surface area contributed by atoms with Crippen LogP contribution in [0.4, 0.5) is 17.1 Å². The first-order chi connectivity index (χ1) is 26.0. The van der Waals surface area contributed by atoms with Gasteiger partial charge in [-0.25, -0.2) is 0 Å². The number of rotatable bonds is 11. The number of aliphatic hydroxyl groups excluding tert-OH is 1. The topological polar surface area (TPSA) is 141 Å². The van der Waals surface area contributed by atoms with Crippen molar-refractivity contribution in [3.63, 3.8) is 0 Å². The van der Waals surface area contributed by atoms with E-state index in [9.17, 15) is 19.5 Å². The minimum absolute atomic E-state index is 0.0599. The Labute approximate surface area is 316 Å². The molecular formula is C41H48N6O6Si. The van der Waals surface area contributed by atoms with Gasteiger partial charge in [-0.05, 0) is 73.8 Å². The van der Waals surface area contributed by atoms with Gasteiger partial charge in [0.05, 0.1) is 36.6 Å². The average Bonchev–Trinajstić information content (AvgIpc) is 3.99. The molecule has 0 radical (unpaired) electrons. The van der Waals surface area contributed by atoms with Gasteiger partial charge in [0.2, 0.25) is 11.8 Å². The van der Waals surface area contributed by atoms with E-state index in [1.807, 2.05) is 99.0 Å². The minimum atomic E-state index is -2.94. The van der Waals surface area contributed by atoms with Crippen LogP contribution >= 0.6 is 0 Å². The van der Waals surface area contributed by atoms with Gasteiger partial charge in [-0.2, -0.15) is 0 Å². The molecule has 4 aliphatic heterocycles. The van der Waals surface area contributed by atoms with Crippen LogP contribution in [0, 0.1) is 5.92 Å². The predicted molar refractivity (Wildman–Crippen MR) is 206 cm³/mol. The van der Waals surface area contributed by atoms with Gasteiger partial charge in [-0.3, -0.25) is 19.1 Å². The van der Waals surface area contributed by atoms with Gasteiger partial charge in [-0.1, -0.05) is 54.6 Å². The molecule has 5 atom stereocenters. The number of aliphatic hydroxyl groups is 1. The maximum atomic E-state index is 15.1. The molecule has 13 heteroatoms. The number of aromatic nitrogens is 3. The maximum absolute atomic E-state index is 15.1. The summed E-state index contributed by atoms with van der Waals surface area (Å²) >= 11 is 0. The Morgan fingerprint density at radius 1 is 0.926 bits per heavy atom. The van der Waals surface area contributed by atoms with Crippen LogP contribution in [-0.4, -0.2) is 76.7 Å². The third-order valence-corrected chi connectivity index (χ3v) is 14.5. The molecule has 4 aliphatic rings. The van der Waals surface area contributed by atoms with Crippen LogP contribution in [-0.2, 0) is 37.8 Å². The Hall–Kier alpha value is -4.69. The Kier molecular flexibility index (Phi) is 9.53. The number of nitrogens with zero attached hydrogens (tertiary/aromatic N) is 6. The Bertz CT molecular complexity index is 2050. The van der Waals surface area contributed by atoms with Gasteiger partial charge in [0.25, 0.3) is 5.91 Å². The molecule has 1 unspecified atom stereocenters. The summed E-state index contributed by atoms with van der Waals surface area (Å²) in [5, 5.41) is 19.0. The lowest BCUT2D eigenvalue weighted by Crippen LogP contribution is -2.46. The van der Waals surface area contributed by atoms with Crippen molar-refractivity contribution >= 4 is 43.1 Å². The normalized spacial score (nSPS) is 24.7. The molecule has 0 bridgehead atoms.